The number of furan rings is 1. The maximum absolute atomic E-state index is 13.3. The zero-order chi connectivity index (χ0) is 21.3. The number of nitrogens with zero attached hydrogens (tertiary/aromatic N) is 2. The highest BCUT2D eigenvalue weighted by molar-refractivity contribution is 7.90. The summed E-state index contributed by atoms with van der Waals surface area (Å²) in [6.45, 7) is 0.191. The smallest absolute Gasteiger partial charge is 0.260 e. The fraction of sp³-hybridized carbons (Fsp3) is 0.143. The van der Waals surface area contributed by atoms with E-state index in [1.54, 1.807) is 25.5 Å². The Morgan fingerprint density at radius 2 is 1.93 bits per heavy atom. The third-order valence-electron chi connectivity index (χ3n) is 4.48. The summed E-state index contributed by atoms with van der Waals surface area (Å²) in [5.41, 5.74) is 1.10. The number of thiazole rings is 1. The molecule has 7 nitrogen and oxygen atoms in total. The summed E-state index contributed by atoms with van der Waals surface area (Å²) in [5, 5.41) is 0.506. The van der Waals surface area contributed by atoms with Gasteiger partial charge in [0.25, 0.3) is 5.91 Å². The summed E-state index contributed by atoms with van der Waals surface area (Å²) >= 11 is 1.36. The lowest BCUT2D eigenvalue weighted by Crippen LogP contribution is -2.30. The molecule has 0 saturated heterocycles. The zero-order valence-electron chi connectivity index (χ0n) is 16.2. The van der Waals surface area contributed by atoms with Crippen molar-refractivity contribution in [2.45, 2.75) is 11.4 Å². The van der Waals surface area contributed by atoms with Crippen LogP contribution in [0.5, 0.6) is 5.75 Å². The second-order valence-corrected chi connectivity index (χ2v) is 9.62. The van der Waals surface area contributed by atoms with Crippen molar-refractivity contribution in [1.82, 2.24) is 4.98 Å². The van der Waals surface area contributed by atoms with Crippen LogP contribution in [0.4, 0.5) is 5.13 Å². The summed E-state index contributed by atoms with van der Waals surface area (Å²) in [4.78, 5) is 19.6. The van der Waals surface area contributed by atoms with Crippen molar-refractivity contribution in [3.05, 3.63) is 72.2 Å². The van der Waals surface area contributed by atoms with E-state index in [0.29, 0.717) is 22.2 Å². The number of amides is 1. The van der Waals surface area contributed by atoms with Crippen LogP contribution in [0.25, 0.3) is 10.2 Å². The number of fused-ring (bicyclic) bond motifs is 1. The van der Waals surface area contributed by atoms with Gasteiger partial charge in [-0.15, -0.1) is 0 Å². The maximum Gasteiger partial charge on any atom is 0.260 e. The van der Waals surface area contributed by atoms with Gasteiger partial charge in [0.2, 0.25) is 0 Å². The van der Waals surface area contributed by atoms with Crippen molar-refractivity contribution in [2.24, 2.45) is 0 Å². The molecule has 0 spiro atoms. The molecular weight excluding hydrogens is 424 g/mol. The van der Waals surface area contributed by atoms with Crippen LogP contribution in [-0.2, 0) is 16.4 Å². The highest BCUT2D eigenvalue weighted by atomic mass is 32.2. The number of methoxy groups -OCH3 is 1. The van der Waals surface area contributed by atoms with E-state index in [0.717, 1.165) is 16.5 Å². The monoisotopic (exact) mass is 442 g/mol. The van der Waals surface area contributed by atoms with Gasteiger partial charge in [0.1, 0.15) is 11.5 Å². The number of carbonyl (C=O) groups excluding carboxylic acids is 1. The lowest BCUT2D eigenvalue weighted by Gasteiger charge is -2.19. The Bertz CT molecular complexity index is 1290. The SMILES string of the molecule is COc1ccc2nc(N(Cc3ccco3)C(=O)c3ccc(S(C)(=O)=O)cc3)sc2c1. The Labute approximate surface area is 177 Å². The second kappa shape index (κ2) is 7.92. The van der Waals surface area contributed by atoms with Gasteiger partial charge in [-0.3, -0.25) is 9.69 Å². The van der Waals surface area contributed by atoms with Gasteiger partial charge in [0.05, 0.1) is 35.0 Å². The zero-order valence-corrected chi connectivity index (χ0v) is 17.9. The predicted molar refractivity (Wildman–Crippen MR) is 115 cm³/mol. The summed E-state index contributed by atoms with van der Waals surface area (Å²) in [5.74, 6) is 1.00. The molecule has 2 heterocycles. The summed E-state index contributed by atoms with van der Waals surface area (Å²) in [7, 11) is -1.75. The lowest BCUT2D eigenvalue weighted by molar-refractivity contribution is 0.0983. The fourth-order valence-electron chi connectivity index (χ4n) is 2.92. The van der Waals surface area contributed by atoms with Crippen molar-refractivity contribution < 1.29 is 22.4 Å². The largest absolute Gasteiger partial charge is 0.497 e. The molecule has 0 saturated carbocycles. The fourth-order valence-corrected chi connectivity index (χ4v) is 4.54. The molecule has 0 unspecified atom stereocenters. The molecule has 0 atom stereocenters. The number of anilines is 1. The first-order valence-electron chi connectivity index (χ1n) is 8.94. The minimum atomic E-state index is -3.34. The van der Waals surface area contributed by atoms with Gasteiger partial charge in [-0.1, -0.05) is 11.3 Å². The predicted octanol–water partition coefficient (Wildman–Crippen LogP) is 4.15. The lowest BCUT2D eigenvalue weighted by atomic mass is 10.2. The van der Waals surface area contributed by atoms with Crippen LogP contribution in [-0.4, -0.2) is 32.7 Å². The topological polar surface area (TPSA) is 89.7 Å². The number of carbonyl (C=O) groups is 1. The third-order valence-corrected chi connectivity index (χ3v) is 6.65. The van der Waals surface area contributed by atoms with E-state index < -0.39 is 9.84 Å². The van der Waals surface area contributed by atoms with E-state index >= 15 is 0 Å². The van der Waals surface area contributed by atoms with E-state index in [1.165, 1.54) is 40.5 Å². The molecule has 0 bridgehead atoms. The summed E-state index contributed by atoms with van der Waals surface area (Å²) < 4.78 is 35.0. The summed E-state index contributed by atoms with van der Waals surface area (Å²) in [6.07, 6.45) is 2.67. The number of benzene rings is 2. The second-order valence-electron chi connectivity index (χ2n) is 6.60. The number of aromatic nitrogens is 1. The Morgan fingerprint density at radius 1 is 1.17 bits per heavy atom. The Morgan fingerprint density at radius 3 is 2.57 bits per heavy atom. The van der Waals surface area contributed by atoms with Crippen LogP contribution < -0.4 is 9.64 Å². The van der Waals surface area contributed by atoms with E-state index in [9.17, 15) is 13.2 Å². The number of hydrogen-bond donors (Lipinski definition) is 0. The first-order valence-corrected chi connectivity index (χ1v) is 11.6. The van der Waals surface area contributed by atoms with Crippen LogP contribution in [0.3, 0.4) is 0 Å². The first kappa shape index (κ1) is 20.1. The molecule has 0 aliphatic rings. The van der Waals surface area contributed by atoms with Crippen molar-refractivity contribution >= 4 is 42.4 Å². The quantitative estimate of drug-likeness (QED) is 0.446. The Kier molecular flexibility index (Phi) is 5.31. The van der Waals surface area contributed by atoms with E-state index in [2.05, 4.69) is 4.98 Å². The van der Waals surface area contributed by atoms with Crippen LogP contribution in [0.2, 0.25) is 0 Å². The molecule has 9 heteroatoms. The molecule has 0 aliphatic heterocycles. The van der Waals surface area contributed by atoms with E-state index in [4.69, 9.17) is 9.15 Å². The van der Waals surface area contributed by atoms with Crippen molar-refractivity contribution in [3.8, 4) is 5.75 Å². The van der Waals surface area contributed by atoms with Crippen LogP contribution in [0.15, 0.2) is 70.2 Å². The molecule has 1 amide bonds. The highest BCUT2D eigenvalue weighted by Gasteiger charge is 2.23. The minimum Gasteiger partial charge on any atom is -0.497 e. The number of ether oxygens (including phenoxy) is 1. The van der Waals surface area contributed by atoms with Crippen LogP contribution >= 0.6 is 11.3 Å². The molecule has 2 aromatic heterocycles. The molecule has 4 aromatic rings. The summed E-state index contributed by atoms with van der Waals surface area (Å²) in [6, 6.07) is 14.9. The third kappa shape index (κ3) is 4.07. The van der Waals surface area contributed by atoms with Gasteiger partial charge >= 0.3 is 0 Å². The standard InChI is InChI=1S/C21H18N2O5S2/c1-27-15-7-10-18-19(12-15)29-21(22-18)23(13-16-4-3-11-28-16)20(24)14-5-8-17(9-6-14)30(2,25)26/h3-12H,13H2,1-2H3. The van der Waals surface area contributed by atoms with Crippen molar-refractivity contribution in [3.63, 3.8) is 0 Å². The molecule has 4 rings (SSSR count). The highest BCUT2D eigenvalue weighted by Crippen LogP contribution is 2.33. The van der Waals surface area contributed by atoms with E-state index in [-0.39, 0.29) is 17.3 Å². The van der Waals surface area contributed by atoms with Gasteiger partial charge in [0.15, 0.2) is 15.0 Å². The first-order chi connectivity index (χ1) is 14.3. The number of hydrogen-bond acceptors (Lipinski definition) is 7. The molecule has 2 aromatic carbocycles. The van der Waals surface area contributed by atoms with Crippen molar-refractivity contribution in [2.75, 3.05) is 18.3 Å². The minimum absolute atomic E-state index is 0.156. The molecule has 30 heavy (non-hydrogen) atoms. The van der Waals surface area contributed by atoms with Gasteiger partial charge < -0.3 is 9.15 Å². The molecule has 0 radical (unpaired) electrons. The molecule has 0 aliphatic carbocycles. The maximum atomic E-state index is 13.3. The molecular formula is C21H18N2O5S2. The Hall–Kier alpha value is -3.17. The van der Waals surface area contributed by atoms with Gasteiger partial charge in [-0.25, -0.2) is 13.4 Å². The van der Waals surface area contributed by atoms with Crippen LogP contribution in [0.1, 0.15) is 16.1 Å². The Balaban J connectivity index is 1.73. The molecule has 0 N–H and O–H groups in total. The van der Waals surface area contributed by atoms with Gasteiger partial charge in [-0.2, -0.15) is 0 Å². The molecule has 0 fully saturated rings. The average Bonchev–Trinajstić information content (AvgIpc) is 3.39. The normalized spacial score (nSPS) is 11.5. The van der Waals surface area contributed by atoms with Crippen LogP contribution in [0, 0.1) is 0 Å². The van der Waals surface area contributed by atoms with E-state index in [1.807, 2.05) is 18.2 Å². The average molecular weight is 443 g/mol. The molecule has 154 valence electrons. The van der Waals surface area contributed by atoms with Gasteiger partial charge in [-0.05, 0) is 54.6 Å². The van der Waals surface area contributed by atoms with Gasteiger partial charge in [0, 0.05) is 11.8 Å². The number of rotatable bonds is 6. The van der Waals surface area contributed by atoms with Crippen molar-refractivity contribution in [1.29, 1.82) is 0 Å². The number of sulfone groups is 1.